The van der Waals surface area contributed by atoms with E-state index in [4.69, 9.17) is 25.8 Å². The van der Waals surface area contributed by atoms with E-state index in [1.54, 1.807) is 50.6 Å². The largest absolute Gasteiger partial charge is 0.495 e. The van der Waals surface area contributed by atoms with E-state index in [0.717, 1.165) is 5.69 Å². The summed E-state index contributed by atoms with van der Waals surface area (Å²) < 4.78 is 15.4. The molecule has 0 aliphatic rings. The fourth-order valence-electron chi connectivity index (χ4n) is 2.07. The second-order valence-electron chi connectivity index (χ2n) is 4.70. The maximum Gasteiger partial charge on any atom is 0.181 e. The number of nitrogens with one attached hydrogen (secondary N) is 1. The van der Waals surface area contributed by atoms with Crippen molar-refractivity contribution in [2.24, 2.45) is 0 Å². The molecule has 0 fully saturated rings. The maximum absolute atomic E-state index is 12.3. The number of halogens is 1. The van der Waals surface area contributed by atoms with E-state index < -0.39 is 0 Å². The predicted octanol–water partition coefficient (Wildman–Crippen LogP) is 3.66. The number of benzene rings is 2. The second-order valence-corrected chi connectivity index (χ2v) is 5.10. The van der Waals surface area contributed by atoms with E-state index in [2.05, 4.69) is 5.32 Å². The van der Waals surface area contributed by atoms with E-state index in [1.165, 1.54) is 7.11 Å². The van der Waals surface area contributed by atoms with Crippen LogP contribution >= 0.6 is 11.6 Å². The average molecular weight is 336 g/mol. The molecule has 6 heteroatoms. The minimum atomic E-state index is -0.0714. The van der Waals surface area contributed by atoms with Gasteiger partial charge in [-0.25, -0.2) is 0 Å². The number of carbonyl (C=O) groups excluding carboxylic acids is 1. The molecule has 0 atom stereocenters. The van der Waals surface area contributed by atoms with Gasteiger partial charge in [0.2, 0.25) is 0 Å². The molecule has 0 heterocycles. The van der Waals surface area contributed by atoms with Gasteiger partial charge >= 0.3 is 0 Å². The van der Waals surface area contributed by atoms with Crippen LogP contribution in [0.2, 0.25) is 5.02 Å². The van der Waals surface area contributed by atoms with Gasteiger partial charge in [-0.05, 0) is 36.4 Å². The van der Waals surface area contributed by atoms with Gasteiger partial charge in [0.05, 0.1) is 32.9 Å². The van der Waals surface area contributed by atoms with Crippen LogP contribution in [0.4, 0.5) is 5.69 Å². The number of carbonyl (C=O) groups is 1. The van der Waals surface area contributed by atoms with Gasteiger partial charge in [0.15, 0.2) is 17.3 Å². The quantitative estimate of drug-likeness (QED) is 0.782. The number of anilines is 1. The number of ketones is 1. The first-order valence-corrected chi connectivity index (χ1v) is 7.29. The van der Waals surface area contributed by atoms with Gasteiger partial charge in [-0.2, -0.15) is 0 Å². The molecule has 0 saturated carbocycles. The highest BCUT2D eigenvalue weighted by Gasteiger charge is 2.11. The third-order valence-corrected chi connectivity index (χ3v) is 3.61. The first-order chi connectivity index (χ1) is 11.1. The van der Waals surface area contributed by atoms with Gasteiger partial charge in [-0.1, -0.05) is 11.6 Å². The summed E-state index contributed by atoms with van der Waals surface area (Å²) in [6.07, 6.45) is 0. The van der Waals surface area contributed by atoms with Crippen LogP contribution in [0.1, 0.15) is 10.4 Å². The molecule has 0 aliphatic heterocycles. The zero-order valence-corrected chi connectivity index (χ0v) is 13.9. The van der Waals surface area contributed by atoms with Crippen molar-refractivity contribution < 1.29 is 19.0 Å². The molecule has 0 aliphatic carbocycles. The maximum atomic E-state index is 12.3. The van der Waals surface area contributed by atoms with Crippen molar-refractivity contribution in [3.8, 4) is 17.2 Å². The van der Waals surface area contributed by atoms with Crippen molar-refractivity contribution in [1.29, 1.82) is 0 Å². The second kappa shape index (κ2) is 7.74. The first-order valence-electron chi connectivity index (χ1n) is 6.91. The van der Waals surface area contributed by atoms with Gasteiger partial charge < -0.3 is 19.5 Å². The third-order valence-electron chi connectivity index (χ3n) is 3.31. The van der Waals surface area contributed by atoms with Gasteiger partial charge in [-0.3, -0.25) is 4.79 Å². The molecule has 5 nitrogen and oxygen atoms in total. The molecule has 2 aromatic carbocycles. The van der Waals surface area contributed by atoms with Gasteiger partial charge in [-0.15, -0.1) is 0 Å². The molecule has 0 aromatic heterocycles. The lowest BCUT2D eigenvalue weighted by Gasteiger charge is -2.11. The Morgan fingerprint density at radius 2 is 1.61 bits per heavy atom. The summed E-state index contributed by atoms with van der Waals surface area (Å²) in [5.74, 6) is 1.62. The Bertz CT molecular complexity index is 703. The van der Waals surface area contributed by atoms with Crippen LogP contribution in [0.15, 0.2) is 36.4 Å². The highest BCUT2D eigenvalue weighted by atomic mass is 35.5. The van der Waals surface area contributed by atoms with Crippen LogP contribution in [0, 0.1) is 0 Å². The zero-order chi connectivity index (χ0) is 16.8. The predicted molar refractivity (Wildman–Crippen MR) is 90.4 cm³/mol. The van der Waals surface area contributed by atoms with Crippen LogP contribution in [-0.4, -0.2) is 33.7 Å². The molecular formula is C17H18ClNO4. The molecule has 0 amide bonds. The Labute approximate surface area is 140 Å². The molecule has 1 N–H and O–H groups in total. The highest BCUT2D eigenvalue weighted by molar-refractivity contribution is 6.32. The molecule has 0 bridgehead atoms. The lowest BCUT2D eigenvalue weighted by Crippen LogP contribution is -2.14. The minimum Gasteiger partial charge on any atom is -0.495 e. The van der Waals surface area contributed by atoms with E-state index in [0.29, 0.717) is 27.8 Å². The summed E-state index contributed by atoms with van der Waals surface area (Å²) in [6.45, 7) is 0.137. The number of rotatable bonds is 7. The smallest absolute Gasteiger partial charge is 0.181 e. The highest BCUT2D eigenvalue weighted by Crippen LogP contribution is 2.28. The zero-order valence-electron chi connectivity index (χ0n) is 13.2. The van der Waals surface area contributed by atoms with Crippen LogP contribution < -0.4 is 19.5 Å². The Balaban J connectivity index is 2.06. The first kappa shape index (κ1) is 17.0. The molecule has 0 radical (unpaired) electrons. The van der Waals surface area contributed by atoms with Gasteiger partial charge in [0.25, 0.3) is 0 Å². The molecule has 0 saturated heterocycles. The number of methoxy groups -OCH3 is 3. The normalized spacial score (nSPS) is 10.1. The lowest BCUT2D eigenvalue weighted by molar-refractivity contribution is 0.101. The van der Waals surface area contributed by atoms with Crippen LogP contribution in [0.5, 0.6) is 17.2 Å². The molecule has 23 heavy (non-hydrogen) atoms. The van der Waals surface area contributed by atoms with E-state index in [-0.39, 0.29) is 12.3 Å². The standard InChI is InChI=1S/C17H18ClNO4/c1-21-15-7-5-12(9-13(15)18)19-10-14(20)11-4-6-16(22-2)17(8-11)23-3/h4-9,19H,10H2,1-3H3. The number of hydrogen-bond donors (Lipinski definition) is 1. The fraction of sp³-hybridized carbons (Fsp3) is 0.235. The monoisotopic (exact) mass is 335 g/mol. The van der Waals surface area contributed by atoms with Crippen molar-refractivity contribution in [2.45, 2.75) is 0 Å². The van der Waals surface area contributed by atoms with Crippen LogP contribution in [-0.2, 0) is 0 Å². The Hall–Kier alpha value is -2.40. The van der Waals surface area contributed by atoms with Crippen molar-refractivity contribution >= 4 is 23.1 Å². The number of Topliss-reactive ketones (excluding diaryl/α,β-unsaturated/α-hetero) is 1. The van der Waals surface area contributed by atoms with E-state index in [1.807, 2.05) is 0 Å². The SMILES string of the molecule is COc1ccc(NCC(=O)c2ccc(OC)c(OC)c2)cc1Cl. The summed E-state index contributed by atoms with van der Waals surface area (Å²) in [5, 5.41) is 3.52. The van der Waals surface area contributed by atoms with Gasteiger partial charge in [0, 0.05) is 11.3 Å². The Kier molecular flexibility index (Phi) is 5.71. The summed E-state index contributed by atoms with van der Waals surface area (Å²) in [7, 11) is 4.63. The fourth-order valence-corrected chi connectivity index (χ4v) is 2.33. The average Bonchev–Trinajstić information content (AvgIpc) is 2.59. The van der Waals surface area contributed by atoms with Crippen molar-refractivity contribution in [1.82, 2.24) is 0 Å². The van der Waals surface area contributed by atoms with Crippen molar-refractivity contribution in [3.63, 3.8) is 0 Å². The summed E-state index contributed by atoms with van der Waals surface area (Å²) >= 11 is 6.05. The minimum absolute atomic E-state index is 0.0714. The summed E-state index contributed by atoms with van der Waals surface area (Å²) in [5.41, 5.74) is 1.28. The molecule has 2 aromatic rings. The molecule has 122 valence electrons. The van der Waals surface area contributed by atoms with Crippen LogP contribution in [0.25, 0.3) is 0 Å². The summed E-state index contributed by atoms with van der Waals surface area (Å²) in [4.78, 5) is 12.3. The van der Waals surface area contributed by atoms with Crippen molar-refractivity contribution in [2.75, 3.05) is 33.2 Å². The summed E-state index contributed by atoms with van der Waals surface area (Å²) in [6, 6.07) is 10.3. The van der Waals surface area contributed by atoms with E-state index >= 15 is 0 Å². The van der Waals surface area contributed by atoms with Gasteiger partial charge in [0.1, 0.15) is 5.75 Å². The van der Waals surface area contributed by atoms with Crippen molar-refractivity contribution in [3.05, 3.63) is 47.0 Å². The Morgan fingerprint density at radius 3 is 2.22 bits per heavy atom. The molecule has 0 spiro atoms. The molecule has 2 rings (SSSR count). The molecular weight excluding hydrogens is 318 g/mol. The van der Waals surface area contributed by atoms with E-state index in [9.17, 15) is 4.79 Å². The molecule has 0 unspecified atom stereocenters. The third kappa shape index (κ3) is 4.07. The Morgan fingerprint density at radius 1 is 0.957 bits per heavy atom. The number of hydrogen-bond acceptors (Lipinski definition) is 5. The topological polar surface area (TPSA) is 56.8 Å². The number of ether oxygens (including phenoxy) is 3. The van der Waals surface area contributed by atoms with Crippen LogP contribution in [0.3, 0.4) is 0 Å². The lowest BCUT2D eigenvalue weighted by atomic mass is 10.1.